The lowest BCUT2D eigenvalue weighted by Gasteiger charge is -2.19. The van der Waals surface area contributed by atoms with Gasteiger partial charge in [0.25, 0.3) is 0 Å². The van der Waals surface area contributed by atoms with E-state index >= 15 is 0 Å². The van der Waals surface area contributed by atoms with Crippen LogP contribution in [0.3, 0.4) is 0 Å². The fourth-order valence-corrected chi connectivity index (χ4v) is 2.57. The molecule has 20 heavy (non-hydrogen) atoms. The van der Waals surface area contributed by atoms with Crippen LogP contribution in [0.1, 0.15) is 17.3 Å². The van der Waals surface area contributed by atoms with Crippen molar-refractivity contribution in [3.8, 4) is 0 Å². The number of hydrogen-bond donors (Lipinski definition) is 2. The number of rotatable bonds is 6. The molecule has 108 valence electrons. The first-order chi connectivity index (χ1) is 9.69. The molecule has 1 atom stereocenters. The highest BCUT2D eigenvalue weighted by atomic mass is 79.9. The number of ether oxygens (including phenoxy) is 1. The van der Waals surface area contributed by atoms with Gasteiger partial charge in [0.2, 0.25) is 0 Å². The van der Waals surface area contributed by atoms with Crippen LogP contribution in [0, 0.1) is 5.82 Å². The van der Waals surface area contributed by atoms with E-state index in [9.17, 15) is 4.39 Å². The Labute approximate surface area is 125 Å². The summed E-state index contributed by atoms with van der Waals surface area (Å²) in [5, 5.41) is 4.25. The van der Waals surface area contributed by atoms with Crippen LogP contribution in [-0.4, -0.2) is 23.5 Å². The Morgan fingerprint density at radius 3 is 2.90 bits per heavy atom. The smallest absolute Gasteiger partial charge is 0.128 e. The topological polar surface area (TPSA) is 65.1 Å². The molecule has 0 fully saturated rings. The molecule has 1 aromatic heterocycles. The number of nitrogens with one attached hydrogen (secondary N) is 1. The summed E-state index contributed by atoms with van der Waals surface area (Å²) in [6.45, 7) is 1.07. The Morgan fingerprint density at radius 2 is 2.25 bits per heavy atom. The van der Waals surface area contributed by atoms with Gasteiger partial charge in [0.1, 0.15) is 5.82 Å². The Kier molecular flexibility index (Phi) is 5.24. The van der Waals surface area contributed by atoms with E-state index in [0.717, 1.165) is 10.2 Å². The minimum absolute atomic E-state index is 0.318. The maximum atomic E-state index is 14.0. The molecule has 1 heterocycles. The van der Waals surface area contributed by atoms with E-state index in [2.05, 4.69) is 26.5 Å². The largest absolute Gasteiger partial charge is 0.383 e. The van der Waals surface area contributed by atoms with Crippen molar-refractivity contribution in [1.82, 2.24) is 15.2 Å². The molecule has 5 nitrogen and oxygen atoms in total. The van der Waals surface area contributed by atoms with Gasteiger partial charge >= 0.3 is 0 Å². The number of aromatic nitrogens is 2. The monoisotopic (exact) mass is 342 g/mol. The van der Waals surface area contributed by atoms with E-state index in [1.807, 2.05) is 0 Å². The molecule has 1 aromatic carbocycles. The number of halogens is 2. The van der Waals surface area contributed by atoms with Gasteiger partial charge in [-0.3, -0.25) is 10.5 Å². The van der Waals surface area contributed by atoms with E-state index in [1.165, 1.54) is 6.07 Å². The van der Waals surface area contributed by atoms with E-state index in [1.54, 1.807) is 36.2 Å². The standard InChI is InChI=1S/C13H16BrFN4O/c1-20-7-6-19-13(10(14)8-17-19)12(18-16)9-4-2-3-5-11(9)15/h2-5,8,12,18H,6-7,16H2,1H3. The predicted octanol–water partition coefficient (Wildman–Crippen LogP) is 1.98. The van der Waals surface area contributed by atoms with Crippen molar-refractivity contribution in [2.75, 3.05) is 13.7 Å². The Bertz CT molecular complexity index is 575. The summed E-state index contributed by atoms with van der Waals surface area (Å²) in [6, 6.07) is 6.02. The van der Waals surface area contributed by atoms with E-state index in [-0.39, 0.29) is 5.82 Å². The van der Waals surface area contributed by atoms with Crippen LogP contribution in [0.15, 0.2) is 34.9 Å². The van der Waals surface area contributed by atoms with Gasteiger partial charge in [0.05, 0.1) is 35.6 Å². The molecule has 0 aliphatic carbocycles. The molecule has 2 aromatic rings. The van der Waals surface area contributed by atoms with Crippen molar-refractivity contribution >= 4 is 15.9 Å². The second kappa shape index (κ2) is 6.94. The quantitative estimate of drug-likeness (QED) is 0.622. The van der Waals surface area contributed by atoms with Gasteiger partial charge < -0.3 is 4.74 Å². The van der Waals surface area contributed by atoms with Crippen molar-refractivity contribution in [3.05, 3.63) is 52.0 Å². The summed E-state index contributed by atoms with van der Waals surface area (Å²) >= 11 is 3.43. The number of nitrogens with zero attached hydrogens (tertiary/aromatic N) is 2. The van der Waals surface area contributed by atoms with E-state index < -0.39 is 6.04 Å². The normalized spacial score (nSPS) is 12.6. The van der Waals surface area contributed by atoms with Gasteiger partial charge in [0.15, 0.2) is 0 Å². The molecular formula is C13H16BrFN4O. The molecule has 3 N–H and O–H groups in total. The average Bonchev–Trinajstić information content (AvgIpc) is 2.81. The number of nitrogens with two attached hydrogens (primary N) is 1. The first-order valence-electron chi connectivity index (χ1n) is 6.09. The van der Waals surface area contributed by atoms with Crippen LogP contribution in [0.2, 0.25) is 0 Å². The maximum absolute atomic E-state index is 14.0. The van der Waals surface area contributed by atoms with Crippen LogP contribution in [-0.2, 0) is 11.3 Å². The zero-order valence-electron chi connectivity index (χ0n) is 11.0. The molecule has 7 heteroatoms. The van der Waals surface area contributed by atoms with Crippen LogP contribution in [0.5, 0.6) is 0 Å². The maximum Gasteiger partial charge on any atom is 0.128 e. The molecule has 0 saturated heterocycles. The zero-order valence-corrected chi connectivity index (χ0v) is 12.6. The highest BCUT2D eigenvalue weighted by Gasteiger charge is 2.23. The number of hydrazine groups is 1. The van der Waals surface area contributed by atoms with Gasteiger partial charge in [-0.15, -0.1) is 0 Å². The van der Waals surface area contributed by atoms with Gasteiger partial charge in [-0.25, -0.2) is 9.82 Å². The molecular weight excluding hydrogens is 327 g/mol. The number of hydrogen-bond acceptors (Lipinski definition) is 4. The van der Waals surface area contributed by atoms with Crippen LogP contribution >= 0.6 is 15.9 Å². The Hall–Kier alpha value is -1.28. The summed E-state index contributed by atoms with van der Waals surface area (Å²) in [7, 11) is 1.62. The average molecular weight is 343 g/mol. The fraction of sp³-hybridized carbons (Fsp3) is 0.308. The number of benzene rings is 1. The summed E-state index contributed by atoms with van der Waals surface area (Å²) < 4.78 is 21.5. The SMILES string of the molecule is COCCn1ncc(Br)c1C(NN)c1ccccc1F. The van der Waals surface area contributed by atoms with Crippen LogP contribution < -0.4 is 11.3 Å². The lowest BCUT2D eigenvalue weighted by atomic mass is 10.0. The van der Waals surface area contributed by atoms with E-state index in [0.29, 0.717) is 18.7 Å². The highest BCUT2D eigenvalue weighted by molar-refractivity contribution is 9.10. The lowest BCUT2D eigenvalue weighted by Crippen LogP contribution is -2.32. The molecule has 1 unspecified atom stereocenters. The highest BCUT2D eigenvalue weighted by Crippen LogP contribution is 2.29. The molecule has 2 rings (SSSR count). The Morgan fingerprint density at radius 1 is 1.50 bits per heavy atom. The third kappa shape index (κ3) is 3.06. The molecule has 0 bridgehead atoms. The molecule has 0 aliphatic rings. The third-order valence-electron chi connectivity index (χ3n) is 3.00. The lowest BCUT2D eigenvalue weighted by molar-refractivity contribution is 0.182. The molecule has 0 radical (unpaired) electrons. The van der Waals surface area contributed by atoms with Crippen molar-refractivity contribution in [2.24, 2.45) is 5.84 Å². The summed E-state index contributed by atoms with van der Waals surface area (Å²) in [6.07, 6.45) is 1.66. The van der Waals surface area contributed by atoms with E-state index in [4.69, 9.17) is 10.6 Å². The van der Waals surface area contributed by atoms with Crippen molar-refractivity contribution in [2.45, 2.75) is 12.6 Å². The summed E-state index contributed by atoms with van der Waals surface area (Å²) in [5.41, 5.74) is 3.87. The second-order valence-electron chi connectivity index (χ2n) is 4.21. The first-order valence-corrected chi connectivity index (χ1v) is 6.89. The van der Waals surface area contributed by atoms with Gasteiger partial charge in [0, 0.05) is 12.7 Å². The van der Waals surface area contributed by atoms with Gasteiger partial charge in [-0.05, 0) is 22.0 Å². The van der Waals surface area contributed by atoms with Gasteiger partial charge in [-0.1, -0.05) is 18.2 Å². The molecule has 0 amide bonds. The predicted molar refractivity (Wildman–Crippen MR) is 77.4 cm³/mol. The minimum Gasteiger partial charge on any atom is -0.383 e. The summed E-state index contributed by atoms with van der Waals surface area (Å²) in [5.74, 6) is 5.30. The van der Waals surface area contributed by atoms with Crippen LogP contribution in [0.4, 0.5) is 4.39 Å². The first kappa shape index (κ1) is 15.1. The van der Waals surface area contributed by atoms with Crippen LogP contribution in [0.25, 0.3) is 0 Å². The van der Waals surface area contributed by atoms with Gasteiger partial charge in [-0.2, -0.15) is 5.10 Å². The molecule has 0 spiro atoms. The zero-order chi connectivity index (χ0) is 14.5. The Balaban J connectivity index is 2.42. The van der Waals surface area contributed by atoms with Crippen molar-refractivity contribution in [1.29, 1.82) is 0 Å². The number of methoxy groups -OCH3 is 1. The second-order valence-corrected chi connectivity index (χ2v) is 5.07. The third-order valence-corrected chi connectivity index (χ3v) is 3.61. The minimum atomic E-state index is -0.495. The summed E-state index contributed by atoms with van der Waals surface area (Å²) in [4.78, 5) is 0. The molecule has 0 aliphatic heterocycles. The molecule has 0 saturated carbocycles. The van der Waals surface area contributed by atoms with Crippen molar-refractivity contribution in [3.63, 3.8) is 0 Å². The fourth-order valence-electron chi connectivity index (χ4n) is 2.04. The van der Waals surface area contributed by atoms with Crippen molar-refractivity contribution < 1.29 is 9.13 Å².